The zero-order valence-corrected chi connectivity index (χ0v) is 15.8. The first kappa shape index (κ1) is 22.9. The van der Waals surface area contributed by atoms with Crippen LogP contribution in [-0.4, -0.2) is 22.2 Å². The summed E-state index contributed by atoms with van der Waals surface area (Å²) in [6.45, 7) is 4.52. The molecule has 0 amide bonds. The lowest BCUT2D eigenvalue weighted by atomic mass is 9.93. The predicted octanol–water partition coefficient (Wildman–Crippen LogP) is 5.89. The Labute approximate surface area is 148 Å². The smallest absolute Gasteiger partial charge is 0.307 e. The van der Waals surface area contributed by atoms with Crippen molar-refractivity contribution >= 4 is 11.9 Å². The topological polar surface area (TPSA) is 74.6 Å². The highest BCUT2D eigenvalue weighted by molar-refractivity contribution is 5.77. The first-order chi connectivity index (χ1) is 11.5. The van der Waals surface area contributed by atoms with Crippen molar-refractivity contribution in [2.24, 2.45) is 11.8 Å². The van der Waals surface area contributed by atoms with Crippen molar-refractivity contribution in [2.45, 2.75) is 104 Å². The van der Waals surface area contributed by atoms with Crippen molar-refractivity contribution in [1.29, 1.82) is 0 Å². The molecule has 0 aromatic rings. The molecule has 2 unspecified atom stereocenters. The molecule has 0 bridgehead atoms. The molecule has 0 aromatic heterocycles. The fraction of sp³-hybridized carbons (Fsp3) is 0.900. The van der Waals surface area contributed by atoms with E-state index in [1.165, 1.54) is 57.8 Å². The first-order valence-electron chi connectivity index (χ1n) is 9.92. The summed E-state index contributed by atoms with van der Waals surface area (Å²) < 4.78 is 0. The van der Waals surface area contributed by atoms with Gasteiger partial charge in [0.1, 0.15) is 0 Å². The summed E-state index contributed by atoms with van der Waals surface area (Å²) in [4.78, 5) is 21.6. The zero-order chi connectivity index (χ0) is 18.2. The quantitative estimate of drug-likeness (QED) is 0.323. The highest BCUT2D eigenvalue weighted by Crippen LogP contribution is 2.20. The van der Waals surface area contributed by atoms with E-state index in [4.69, 9.17) is 10.2 Å². The Morgan fingerprint density at radius 3 is 1.71 bits per heavy atom. The molecule has 142 valence electrons. The van der Waals surface area contributed by atoms with E-state index in [9.17, 15) is 9.59 Å². The van der Waals surface area contributed by atoms with Gasteiger partial charge in [-0.25, -0.2) is 0 Å². The number of aliphatic carboxylic acids is 2. The molecule has 4 heteroatoms. The maximum Gasteiger partial charge on any atom is 0.307 e. The van der Waals surface area contributed by atoms with Crippen LogP contribution in [0.5, 0.6) is 0 Å². The highest BCUT2D eigenvalue weighted by atomic mass is 16.4. The van der Waals surface area contributed by atoms with Gasteiger partial charge in [0, 0.05) is 0 Å². The Morgan fingerprint density at radius 1 is 0.750 bits per heavy atom. The molecule has 4 nitrogen and oxygen atoms in total. The summed E-state index contributed by atoms with van der Waals surface area (Å²) in [6, 6.07) is 0. The summed E-state index contributed by atoms with van der Waals surface area (Å²) in [5, 5.41) is 17.7. The number of carboxylic acids is 2. The molecule has 0 rings (SSSR count). The second kappa shape index (κ2) is 15.5. The molecule has 0 saturated carbocycles. The lowest BCUT2D eigenvalue weighted by molar-refractivity contribution is -0.148. The Hall–Kier alpha value is -1.06. The standard InChI is InChI=1S/C20H38O4/c1-3-4-5-6-7-8-9-10-13-17(2)14-11-12-15-18(20(23)24)16-19(21)22/h17-18H,3-16H2,1-2H3,(H,21,22)(H,23,24). The first-order valence-corrected chi connectivity index (χ1v) is 9.92. The lowest BCUT2D eigenvalue weighted by Crippen LogP contribution is -2.17. The van der Waals surface area contributed by atoms with Gasteiger partial charge >= 0.3 is 11.9 Å². The van der Waals surface area contributed by atoms with E-state index in [1.807, 2.05) is 0 Å². The molecule has 24 heavy (non-hydrogen) atoms. The van der Waals surface area contributed by atoms with E-state index in [0.717, 1.165) is 19.3 Å². The van der Waals surface area contributed by atoms with Crippen molar-refractivity contribution in [3.8, 4) is 0 Å². The van der Waals surface area contributed by atoms with Crippen LogP contribution in [0.15, 0.2) is 0 Å². The number of carbonyl (C=O) groups is 2. The SMILES string of the molecule is CCCCCCCCCCC(C)CCCCC(CC(=O)O)C(=O)O. The fourth-order valence-electron chi connectivity index (χ4n) is 3.18. The normalized spacial score (nSPS) is 13.6. The third kappa shape index (κ3) is 14.5. The van der Waals surface area contributed by atoms with Crippen LogP contribution in [0.3, 0.4) is 0 Å². The van der Waals surface area contributed by atoms with Crippen LogP contribution in [0.4, 0.5) is 0 Å². The van der Waals surface area contributed by atoms with E-state index < -0.39 is 17.9 Å². The molecule has 0 aliphatic heterocycles. The maximum atomic E-state index is 11.0. The van der Waals surface area contributed by atoms with Crippen molar-refractivity contribution in [1.82, 2.24) is 0 Å². The van der Waals surface area contributed by atoms with Gasteiger partial charge in [-0.3, -0.25) is 9.59 Å². The van der Waals surface area contributed by atoms with Crippen LogP contribution < -0.4 is 0 Å². The molecular weight excluding hydrogens is 304 g/mol. The Morgan fingerprint density at radius 2 is 1.21 bits per heavy atom. The lowest BCUT2D eigenvalue weighted by Gasteiger charge is -2.13. The molecule has 0 aliphatic rings. The van der Waals surface area contributed by atoms with Crippen molar-refractivity contribution in [3.05, 3.63) is 0 Å². The van der Waals surface area contributed by atoms with Gasteiger partial charge < -0.3 is 10.2 Å². The fourth-order valence-corrected chi connectivity index (χ4v) is 3.18. The van der Waals surface area contributed by atoms with Crippen molar-refractivity contribution < 1.29 is 19.8 Å². The van der Waals surface area contributed by atoms with Crippen LogP contribution in [-0.2, 0) is 9.59 Å². The van der Waals surface area contributed by atoms with Gasteiger partial charge in [-0.15, -0.1) is 0 Å². The van der Waals surface area contributed by atoms with Gasteiger partial charge in [0.05, 0.1) is 12.3 Å². The predicted molar refractivity (Wildman–Crippen MR) is 98.2 cm³/mol. The second-order valence-electron chi connectivity index (χ2n) is 7.29. The van der Waals surface area contributed by atoms with Crippen molar-refractivity contribution in [2.75, 3.05) is 0 Å². The summed E-state index contributed by atoms with van der Waals surface area (Å²) in [6.07, 6.45) is 15.2. The number of carboxylic acid groups (broad SMARTS) is 2. The van der Waals surface area contributed by atoms with Crippen LogP contribution in [0.25, 0.3) is 0 Å². The maximum absolute atomic E-state index is 11.0. The van der Waals surface area contributed by atoms with Gasteiger partial charge in [0.15, 0.2) is 0 Å². The molecular formula is C20H38O4. The zero-order valence-electron chi connectivity index (χ0n) is 15.8. The van der Waals surface area contributed by atoms with E-state index in [1.54, 1.807) is 0 Å². The Balaban J connectivity index is 3.53. The van der Waals surface area contributed by atoms with E-state index in [0.29, 0.717) is 12.3 Å². The Kier molecular flexibility index (Phi) is 14.8. The molecule has 0 saturated heterocycles. The van der Waals surface area contributed by atoms with Crippen LogP contribution in [0.1, 0.15) is 104 Å². The molecule has 0 aromatic carbocycles. The molecule has 0 radical (unpaired) electrons. The van der Waals surface area contributed by atoms with Crippen molar-refractivity contribution in [3.63, 3.8) is 0 Å². The summed E-state index contributed by atoms with van der Waals surface area (Å²) >= 11 is 0. The minimum absolute atomic E-state index is 0.261. The number of unbranched alkanes of at least 4 members (excludes halogenated alkanes) is 8. The molecule has 2 N–H and O–H groups in total. The minimum atomic E-state index is -1.02. The van der Waals surface area contributed by atoms with E-state index in [2.05, 4.69) is 13.8 Å². The van der Waals surface area contributed by atoms with Gasteiger partial charge in [0.25, 0.3) is 0 Å². The van der Waals surface area contributed by atoms with Gasteiger partial charge in [-0.1, -0.05) is 90.9 Å². The molecule has 0 fully saturated rings. The van der Waals surface area contributed by atoms with Crippen LogP contribution in [0.2, 0.25) is 0 Å². The van der Waals surface area contributed by atoms with E-state index in [-0.39, 0.29) is 6.42 Å². The second-order valence-corrected chi connectivity index (χ2v) is 7.29. The average Bonchev–Trinajstić information content (AvgIpc) is 2.52. The summed E-state index contributed by atoms with van der Waals surface area (Å²) in [5.74, 6) is -2.05. The minimum Gasteiger partial charge on any atom is -0.481 e. The number of hydrogen-bond acceptors (Lipinski definition) is 2. The number of rotatable bonds is 17. The largest absolute Gasteiger partial charge is 0.481 e. The van der Waals surface area contributed by atoms with Gasteiger partial charge in [-0.05, 0) is 12.3 Å². The monoisotopic (exact) mass is 342 g/mol. The van der Waals surface area contributed by atoms with Crippen LogP contribution in [0, 0.1) is 11.8 Å². The molecule has 0 spiro atoms. The van der Waals surface area contributed by atoms with E-state index >= 15 is 0 Å². The Bertz CT molecular complexity index is 328. The average molecular weight is 343 g/mol. The molecule has 0 aliphatic carbocycles. The number of hydrogen-bond donors (Lipinski definition) is 2. The third-order valence-corrected chi connectivity index (χ3v) is 4.82. The highest BCUT2D eigenvalue weighted by Gasteiger charge is 2.20. The third-order valence-electron chi connectivity index (χ3n) is 4.82. The van der Waals surface area contributed by atoms with Gasteiger partial charge in [0.2, 0.25) is 0 Å². The summed E-state index contributed by atoms with van der Waals surface area (Å²) in [7, 11) is 0. The molecule has 0 heterocycles. The van der Waals surface area contributed by atoms with Crippen LogP contribution >= 0.6 is 0 Å². The molecule has 2 atom stereocenters. The van der Waals surface area contributed by atoms with Gasteiger partial charge in [-0.2, -0.15) is 0 Å². The summed E-state index contributed by atoms with van der Waals surface area (Å²) in [5.41, 5.74) is 0.